The fourth-order valence-corrected chi connectivity index (χ4v) is 1.56. The van der Waals surface area contributed by atoms with Crippen molar-refractivity contribution in [3.05, 3.63) is 32.8 Å². The molecule has 18 heavy (non-hydrogen) atoms. The predicted molar refractivity (Wildman–Crippen MR) is 66.6 cm³/mol. The number of anilines is 1. The molecule has 3 N–H and O–H groups in total. The van der Waals surface area contributed by atoms with Crippen molar-refractivity contribution in [2.75, 3.05) is 25.9 Å². The summed E-state index contributed by atoms with van der Waals surface area (Å²) in [5, 5.41) is 19.4. The molecule has 7 nitrogen and oxygen atoms in total. The van der Waals surface area contributed by atoms with Crippen molar-refractivity contribution in [1.29, 1.82) is 0 Å². The quantitative estimate of drug-likeness (QED) is 0.481. The van der Waals surface area contributed by atoms with Crippen LogP contribution in [-0.4, -0.2) is 41.0 Å². The van der Waals surface area contributed by atoms with E-state index in [9.17, 15) is 14.9 Å². The maximum Gasteiger partial charge on any atom is 0.294 e. The van der Waals surface area contributed by atoms with Crippen molar-refractivity contribution < 1.29 is 14.8 Å². The van der Waals surface area contributed by atoms with E-state index in [1.54, 1.807) is 0 Å². The van der Waals surface area contributed by atoms with E-state index in [1.807, 2.05) is 0 Å². The Balaban J connectivity index is 3.19. The topological polar surface area (TPSA) is 110 Å². The molecule has 1 rings (SSSR count). The average Bonchev–Trinajstić information content (AvgIpc) is 2.31. The Hall–Kier alpha value is -1.86. The molecule has 0 unspecified atom stereocenters. The number of hydrogen-bond acceptors (Lipinski definition) is 5. The number of carbonyl (C=O) groups is 1. The zero-order chi connectivity index (χ0) is 13.9. The van der Waals surface area contributed by atoms with Crippen molar-refractivity contribution >= 4 is 28.9 Å². The largest absolute Gasteiger partial charge is 0.395 e. The van der Waals surface area contributed by atoms with Gasteiger partial charge in [-0.05, 0) is 6.07 Å². The first kappa shape index (κ1) is 14.2. The van der Waals surface area contributed by atoms with Gasteiger partial charge in [-0.3, -0.25) is 14.9 Å². The van der Waals surface area contributed by atoms with E-state index in [0.717, 1.165) is 6.07 Å². The maximum atomic E-state index is 11.9. The smallest absolute Gasteiger partial charge is 0.294 e. The summed E-state index contributed by atoms with van der Waals surface area (Å²) in [7, 11) is 1.47. The SMILES string of the molecule is CN(CCO)C(=O)c1cc(Cl)c(N)c([N+](=O)[O-])c1. The second kappa shape index (κ2) is 5.65. The molecule has 0 radical (unpaired) electrons. The number of aliphatic hydroxyl groups excluding tert-OH is 1. The van der Waals surface area contributed by atoms with Gasteiger partial charge >= 0.3 is 0 Å². The number of benzene rings is 1. The first-order chi connectivity index (χ1) is 8.38. The van der Waals surface area contributed by atoms with Crippen LogP contribution in [0.4, 0.5) is 11.4 Å². The van der Waals surface area contributed by atoms with E-state index >= 15 is 0 Å². The molecule has 0 aromatic heterocycles. The van der Waals surface area contributed by atoms with Crippen LogP contribution in [0.25, 0.3) is 0 Å². The van der Waals surface area contributed by atoms with Crippen LogP contribution >= 0.6 is 11.6 Å². The number of nitrogens with zero attached hydrogens (tertiary/aromatic N) is 2. The van der Waals surface area contributed by atoms with Crippen LogP contribution in [0.15, 0.2) is 12.1 Å². The van der Waals surface area contributed by atoms with Crippen LogP contribution < -0.4 is 5.73 Å². The molecule has 1 aromatic carbocycles. The summed E-state index contributed by atoms with van der Waals surface area (Å²) in [6.07, 6.45) is 0. The lowest BCUT2D eigenvalue weighted by Crippen LogP contribution is -2.29. The average molecular weight is 274 g/mol. The van der Waals surface area contributed by atoms with Crippen molar-refractivity contribution in [1.82, 2.24) is 4.90 Å². The Morgan fingerprint density at radius 1 is 1.61 bits per heavy atom. The van der Waals surface area contributed by atoms with Crippen LogP contribution in [0.5, 0.6) is 0 Å². The number of hydrogen-bond donors (Lipinski definition) is 2. The highest BCUT2D eigenvalue weighted by atomic mass is 35.5. The number of nitro benzene ring substituents is 1. The van der Waals surface area contributed by atoms with Crippen LogP contribution in [0.3, 0.4) is 0 Å². The number of rotatable bonds is 4. The monoisotopic (exact) mass is 273 g/mol. The maximum absolute atomic E-state index is 11.9. The van der Waals surface area contributed by atoms with E-state index in [0.29, 0.717) is 0 Å². The number of amides is 1. The number of nitrogens with two attached hydrogens (primary N) is 1. The fourth-order valence-electron chi connectivity index (χ4n) is 1.35. The molecule has 1 amide bonds. The Kier molecular flexibility index (Phi) is 4.46. The number of nitrogen functional groups attached to an aromatic ring is 1. The van der Waals surface area contributed by atoms with Crippen molar-refractivity contribution in [3.63, 3.8) is 0 Å². The highest BCUT2D eigenvalue weighted by Gasteiger charge is 2.20. The third-order valence-electron chi connectivity index (χ3n) is 2.33. The second-order valence-electron chi connectivity index (χ2n) is 3.60. The number of likely N-dealkylation sites (N-methyl/N-ethyl adjacent to an activating group) is 1. The van der Waals surface area contributed by atoms with Gasteiger partial charge in [-0.15, -0.1) is 0 Å². The third kappa shape index (κ3) is 2.88. The van der Waals surface area contributed by atoms with Crippen LogP contribution in [-0.2, 0) is 0 Å². The summed E-state index contributed by atoms with van der Waals surface area (Å²) in [5.74, 6) is -0.478. The lowest BCUT2D eigenvalue weighted by atomic mass is 10.1. The van der Waals surface area contributed by atoms with Gasteiger partial charge < -0.3 is 15.7 Å². The number of halogens is 1. The van der Waals surface area contributed by atoms with Gasteiger partial charge in [0.05, 0.1) is 16.6 Å². The zero-order valence-corrected chi connectivity index (χ0v) is 10.3. The molecule has 0 spiro atoms. The van der Waals surface area contributed by atoms with Crippen LogP contribution in [0.1, 0.15) is 10.4 Å². The molecule has 1 aromatic rings. The molecule has 8 heteroatoms. The Morgan fingerprint density at radius 2 is 2.22 bits per heavy atom. The van der Waals surface area contributed by atoms with Crippen molar-refractivity contribution in [3.8, 4) is 0 Å². The predicted octanol–water partition coefficient (Wildman–Crippen LogP) is 0.895. The van der Waals surface area contributed by atoms with Gasteiger partial charge in [0.2, 0.25) is 0 Å². The minimum absolute atomic E-state index is 0.0510. The number of carbonyl (C=O) groups excluding carboxylic acids is 1. The van der Waals surface area contributed by atoms with Crippen molar-refractivity contribution in [2.24, 2.45) is 0 Å². The summed E-state index contributed by atoms with van der Waals surface area (Å²) in [5.41, 5.74) is 4.91. The first-order valence-electron chi connectivity index (χ1n) is 4.98. The van der Waals surface area contributed by atoms with E-state index < -0.39 is 16.5 Å². The minimum atomic E-state index is -0.704. The molecule has 0 aliphatic rings. The Bertz CT molecular complexity index is 492. The molecule has 0 saturated carbocycles. The number of aliphatic hydroxyl groups is 1. The summed E-state index contributed by atoms with van der Waals surface area (Å²) in [6, 6.07) is 2.33. The standard InChI is InChI=1S/C10H12ClN3O4/c1-13(2-3-15)10(16)6-4-7(11)9(12)8(5-6)14(17)18/h4-5,15H,2-3,12H2,1H3. The highest BCUT2D eigenvalue weighted by molar-refractivity contribution is 6.34. The summed E-state index contributed by atoms with van der Waals surface area (Å²) < 4.78 is 0. The van der Waals surface area contributed by atoms with Gasteiger partial charge in [0.15, 0.2) is 0 Å². The normalized spacial score (nSPS) is 10.2. The molecular formula is C10H12ClN3O4. The molecule has 0 saturated heterocycles. The first-order valence-corrected chi connectivity index (χ1v) is 5.36. The van der Waals surface area contributed by atoms with Crippen LogP contribution in [0.2, 0.25) is 5.02 Å². The fraction of sp³-hybridized carbons (Fsp3) is 0.300. The summed E-state index contributed by atoms with van der Waals surface area (Å²) >= 11 is 5.74. The molecule has 98 valence electrons. The minimum Gasteiger partial charge on any atom is -0.395 e. The lowest BCUT2D eigenvalue weighted by Gasteiger charge is -2.15. The molecule has 0 aliphatic heterocycles. The van der Waals surface area contributed by atoms with Crippen LogP contribution in [0, 0.1) is 10.1 Å². The van der Waals surface area contributed by atoms with Gasteiger partial charge in [0.25, 0.3) is 11.6 Å². The molecule has 0 aliphatic carbocycles. The van der Waals surface area contributed by atoms with Gasteiger partial charge in [-0.2, -0.15) is 0 Å². The van der Waals surface area contributed by atoms with E-state index in [1.165, 1.54) is 18.0 Å². The second-order valence-corrected chi connectivity index (χ2v) is 4.01. The van der Waals surface area contributed by atoms with Gasteiger partial charge in [0, 0.05) is 25.2 Å². The van der Waals surface area contributed by atoms with E-state index in [-0.39, 0.29) is 29.4 Å². The van der Waals surface area contributed by atoms with Gasteiger partial charge in [0.1, 0.15) is 5.69 Å². The Morgan fingerprint density at radius 3 is 2.72 bits per heavy atom. The lowest BCUT2D eigenvalue weighted by molar-refractivity contribution is -0.383. The van der Waals surface area contributed by atoms with E-state index in [2.05, 4.69) is 0 Å². The summed E-state index contributed by atoms with van der Waals surface area (Å²) in [4.78, 5) is 23.1. The molecular weight excluding hydrogens is 262 g/mol. The molecule has 0 bridgehead atoms. The third-order valence-corrected chi connectivity index (χ3v) is 2.65. The highest BCUT2D eigenvalue weighted by Crippen LogP contribution is 2.31. The Labute approximate surface area is 108 Å². The molecule has 0 fully saturated rings. The van der Waals surface area contributed by atoms with Gasteiger partial charge in [-0.25, -0.2) is 0 Å². The molecule has 0 atom stereocenters. The summed E-state index contributed by atoms with van der Waals surface area (Å²) in [6.45, 7) is -0.0817. The van der Waals surface area contributed by atoms with E-state index in [4.69, 9.17) is 22.4 Å². The van der Waals surface area contributed by atoms with Gasteiger partial charge in [-0.1, -0.05) is 11.6 Å². The van der Waals surface area contributed by atoms with Crippen molar-refractivity contribution in [2.45, 2.75) is 0 Å². The zero-order valence-electron chi connectivity index (χ0n) is 9.59. The number of nitro groups is 1. The molecule has 0 heterocycles.